The lowest BCUT2D eigenvalue weighted by Gasteiger charge is -2.10. The maximum Gasteiger partial charge on any atom is 0.248 e. The molecule has 0 aliphatic heterocycles. The van der Waals surface area contributed by atoms with Gasteiger partial charge in [0.15, 0.2) is 9.84 Å². The molecule has 0 aliphatic carbocycles. The molecule has 8 nitrogen and oxygen atoms in total. The molecule has 0 saturated heterocycles. The molecule has 0 aromatic heterocycles. The van der Waals surface area contributed by atoms with Crippen LogP contribution in [0.4, 0.5) is 0 Å². The number of nitrogens with one attached hydrogen (secondary N) is 1. The van der Waals surface area contributed by atoms with E-state index >= 15 is 0 Å². The van der Waals surface area contributed by atoms with E-state index in [1.165, 1.54) is 18.2 Å². The zero-order valence-electron chi connectivity index (χ0n) is 17.0. The summed E-state index contributed by atoms with van der Waals surface area (Å²) in [4.78, 5) is 12.7. The number of rotatable bonds is 10. The van der Waals surface area contributed by atoms with Crippen LogP contribution >= 0.6 is 15.9 Å². The van der Waals surface area contributed by atoms with Crippen molar-refractivity contribution in [2.75, 3.05) is 18.1 Å². The molecule has 0 radical (unpaired) electrons. The summed E-state index contributed by atoms with van der Waals surface area (Å²) in [6, 6.07) is 14.8. The lowest BCUT2D eigenvalue weighted by atomic mass is 10.1. The number of sulfonamides is 1. The molecule has 0 bridgehead atoms. The van der Waals surface area contributed by atoms with E-state index in [2.05, 4.69) is 21.2 Å². The van der Waals surface area contributed by atoms with E-state index in [9.17, 15) is 21.6 Å². The van der Waals surface area contributed by atoms with E-state index in [0.29, 0.717) is 12.0 Å². The summed E-state index contributed by atoms with van der Waals surface area (Å²) in [5, 5.41) is 16.4. The number of nitrogens with two attached hydrogens (primary N) is 1. The molecule has 0 heterocycles. The second-order valence-corrected chi connectivity index (χ2v) is 11.6. The third-order valence-corrected chi connectivity index (χ3v) is 7.33. The number of carbonyl (C=O) groups excluding carboxylic acids is 1. The second kappa shape index (κ2) is 11.4. The van der Waals surface area contributed by atoms with Crippen LogP contribution in [-0.4, -0.2) is 40.8 Å². The first kappa shape index (κ1) is 25.7. The van der Waals surface area contributed by atoms with E-state index in [1.54, 1.807) is 36.4 Å². The molecule has 0 atom stereocenters. The van der Waals surface area contributed by atoms with Gasteiger partial charge in [-0.2, -0.15) is 5.26 Å². The number of hydrogen-bond acceptors (Lipinski definition) is 6. The van der Waals surface area contributed by atoms with Gasteiger partial charge in [0.1, 0.15) is 0 Å². The molecule has 0 aliphatic rings. The summed E-state index contributed by atoms with van der Waals surface area (Å²) >= 11 is 3.34. The van der Waals surface area contributed by atoms with Crippen LogP contribution in [0.15, 0.2) is 63.5 Å². The standard InChI is InChI=1S/C21H22BrN3O5S2/c22-19-4-1-3-17(14-19)13-18(15-31(27,28)12-2-10-23)21(26)25-11-9-16-5-7-20(8-6-16)32(24,29)30/h1,3-8,13-14H,2,9,11-12,15H2,(H,25,26)(H2,24,29,30)/b18-13+. The van der Waals surface area contributed by atoms with Gasteiger partial charge in [-0.15, -0.1) is 0 Å². The van der Waals surface area contributed by atoms with Gasteiger partial charge in [-0.3, -0.25) is 4.79 Å². The molecular formula is C21H22BrN3O5S2. The molecule has 170 valence electrons. The fourth-order valence-corrected chi connectivity index (χ4v) is 4.93. The van der Waals surface area contributed by atoms with E-state index in [0.717, 1.165) is 10.0 Å². The van der Waals surface area contributed by atoms with Crippen LogP contribution in [0.5, 0.6) is 0 Å². The number of carbonyl (C=O) groups is 1. The Labute approximate surface area is 196 Å². The Bertz CT molecular complexity index is 1250. The van der Waals surface area contributed by atoms with Crippen molar-refractivity contribution >= 4 is 47.8 Å². The lowest BCUT2D eigenvalue weighted by Crippen LogP contribution is -2.30. The molecule has 0 fully saturated rings. The number of nitrogens with zero attached hydrogens (tertiary/aromatic N) is 1. The van der Waals surface area contributed by atoms with Crippen molar-refractivity contribution in [2.24, 2.45) is 5.14 Å². The van der Waals surface area contributed by atoms with Crippen molar-refractivity contribution in [1.82, 2.24) is 5.32 Å². The Morgan fingerprint density at radius 3 is 2.41 bits per heavy atom. The van der Waals surface area contributed by atoms with E-state index in [-0.39, 0.29) is 29.2 Å². The topological polar surface area (TPSA) is 147 Å². The van der Waals surface area contributed by atoms with Crippen LogP contribution in [0, 0.1) is 11.3 Å². The summed E-state index contributed by atoms with van der Waals surface area (Å²) in [6.07, 6.45) is 1.76. The number of amides is 1. The quantitative estimate of drug-likeness (QED) is 0.442. The molecule has 0 unspecified atom stereocenters. The highest BCUT2D eigenvalue weighted by Crippen LogP contribution is 2.16. The Balaban J connectivity index is 2.13. The van der Waals surface area contributed by atoms with Crippen LogP contribution in [-0.2, 0) is 31.1 Å². The molecular weight excluding hydrogens is 518 g/mol. The van der Waals surface area contributed by atoms with Gasteiger partial charge >= 0.3 is 0 Å². The molecule has 0 spiro atoms. The van der Waals surface area contributed by atoms with Gasteiger partial charge in [0.2, 0.25) is 15.9 Å². The summed E-state index contributed by atoms with van der Waals surface area (Å²) in [7, 11) is -7.43. The second-order valence-electron chi connectivity index (χ2n) is 6.92. The van der Waals surface area contributed by atoms with Crippen LogP contribution in [0.1, 0.15) is 17.5 Å². The van der Waals surface area contributed by atoms with Crippen molar-refractivity contribution in [1.29, 1.82) is 5.26 Å². The molecule has 2 aromatic rings. The zero-order valence-corrected chi connectivity index (χ0v) is 20.2. The Morgan fingerprint density at radius 2 is 1.81 bits per heavy atom. The summed E-state index contributed by atoms with van der Waals surface area (Å²) < 4.78 is 48.1. The number of primary sulfonamides is 1. The molecule has 0 saturated carbocycles. The molecule has 11 heteroatoms. The third-order valence-electron chi connectivity index (χ3n) is 4.33. The van der Waals surface area contributed by atoms with Gasteiger partial charge < -0.3 is 5.32 Å². The predicted molar refractivity (Wildman–Crippen MR) is 126 cm³/mol. The minimum absolute atomic E-state index is 0.00731. The number of nitriles is 1. The van der Waals surface area contributed by atoms with Gasteiger partial charge in [0, 0.05) is 23.0 Å². The first-order chi connectivity index (χ1) is 15.0. The van der Waals surface area contributed by atoms with Crippen molar-refractivity contribution < 1.29 is 21.6 Å². The molecule has 2 rings (SSSR count). The van der Waals surface area contributed by atoms with Crippen molar-refractivity contribution in [3.8, 4) is 6.07 Å². The molecule has 2 aromatic carbocycles. The highest BCUT2D eigenvalue weighted by molar-refractivity contribution is 9.10. The molecule has 32 heavy (non-hydrogen) atoms. The predicted octanol–water partition coefficient (Wildman–Crippen LogP) is 2.17. The summed E-state index contributed by atoms with van der Waals surface area (Å²) in [5.74, 6) is -1.36. The van der Waals surface area contributed by atoms with Gasteiger partial charge in [-0.1, -0.05) is 40.2 Å². The van der Waals surface area contributed by atoms with Gasteiger partial charge in [-0.05, 0) is 47.9 Å². The average Bonchev–Trinajstić information content (AvgIpc) is 2.71. The largest absolute Gasteiger partial charge is 0.352 e. The number of sulfone groups is 1. The Kier molecular flexibility index (Phi) is 9.15. The maximum atomic E-state index is 12.7. The third kappa shape index (κ3) is 8.55. The zero-order chi connectivity index (χ0) is 23.8. The van der Waals surface area contributed by atoms with E-state index in [4.69, 9.17) is 10.4 Å². The van der Waals surface area contributed by atoms with Crippen LogP contribution in [0.2, 0.25) is 0 Å². The van der Waals surface area contributed by atoms with Gasteiger partial charge in [0.05, 0.1) is 22.5 Å². The lowest BCUT2D eigenvalue weighted by molar-refractivity contribution is -0.117. The van der Waals surface area contributed by atoms with Crippen LogP contribution < -0.4 is 10.5 Å². The van der Waals surface area contributed by atoms with Crippen molar-refractivity contribution in [2.45, 2.75) is 17.7 Å². The van der Waals surface area contributed by atoms with E-state index in [1.807, 2.05) is 6.07 Å². The fourth-order valence-electron chi connectivity index (χ4n) is 2.76. The van der Waals surface area contributed by atoms with Crippen LogP contribution in [0.25, 0.3) is 6.08 Å². The van der Waals surface area contributed by atoms with Crippen molar-refractivity contribution in [3.63, 3.8) is 0 Å². The highest BCUT2D eigenvalue weighted by atomic mass is 79.9. The van der Waals surface area contributed by atoms with Crippen molar-refractivity contribution in [3.05, 3.63) is 69.7 Å². The average molecular weight is 540 g/mol. The summed E-state index contributed by atoms with van der Waals surface area (Å²) in [5.41, 5.74) is 1.49. The number of halogens is 1. The number of benzene rings is 2. The first-order valence-electron chi connectivity index (χ1n) is 9.43. The molecule has 1 amide bonds. The Hall–Kier alpha value is -2.52. The van der Waals surface area contributed by atoms with Gasteiger partial charge in [0.25, 0.3) is 0 Å². The monoisotopic (exact) mass is 539 g/mol. The van der Waals surface area contributed by atoms with Crippen LogP contribution in [0.3, 0.4) is 0 Å². The smallest absolute Gasteiger partial charge is 0.248 e. The molecule has 3 N–H and O–H groups in total. The highest BCUT2D eigenvalue weighted by Gasteiger charge is 2.19. The summed E-state index contributed by atoms with van der Waals surface area (Å²) in [6.45, 7) is 0.210. The minimum atomic E-state index is -3.78. The normalized spacial score (nSPS) is 12.2. The van der Waals surface area contributed by atoms with E-state index < -0.39 is 31.5 Å². The Morgan fingerprint density at radius 1 is 1.12 bits per heavy atom. The maximum absolute atomic E-state index is 12.7. The van der Waals surface area contributed by atoms with Gasteiger partial charge in [-0.25, -0.2) is 22.0 Å². The minimum Gasteiger partial charge on any atom is -0.352 e. The first-order valence-corrected chi connectivity index (χ1v) is 13.6. The fraction of sp³-hybridized carbons (Fsp3) is 0.238. The SMILES string of the molecule is N#CCCS(=O)(=O)C/C(=C\c1cccc(Br)c1)C(=O)NCCc1ccc(S(N)(=O)=O)cc1. The number of hydrogen-bond donors (Lipinski definition) is 2.